The van der Waals surface area contributed by atoms with Gasteiger partial charge in [-0.3, -0.25) is 19.3 Å². The molecule has 7 nitrogen and oxygen atoms in total. The van der Waals surface area contributed by atoms with E-state index >= 15 is 0 Å². The molecule has 2 heterocycles. The van der Waals surface area contributed by atoms with Gasteiger partial charge in [-0.05, 0) is 37.7 Å². The molecule has 27 heavy (non-hydrogen) atoms. The number of hydrogen-bond donors (Lipinski definition) is 1. The van der Waals surface area contributed by atoms with Crippen molar-refractivity contribution < 1.29 is 18.9 Å². The molecule has 0 radical (unpaired) electrons. The zero-order valence-electron chi connectivity index (χ0n) is 15.1. The van der Waals surface area contributed by atoms with E-state index in [4.69, 9.17) is 4.52 Å². The lowest BCUT2D eigenvalue weighted by Crippen LogP contribution is -2.38. The average Bonchev–Trinajstić information content (AvgIpc) is 3.18. The molecule has 0 bridgehead atoms. The van der Waals surface area contributed by atoms with Crippen molar-refractivity contribution in [1.82, 2.24) is 10.1 Å². The fraction of sp³-hybridized carbons (Fsp3) is 0.400. The molecule has 2 aromatic rings. The predicted molar refractivity (Wildman–Crippen MR) is 96.6 cm³/mol. The van der Waals surface area contributed by atoms with Crippen molar-refractivity contribution >= 4 is 23.5 Å². The SMILES string of the molecule is Cc1cc(NC(=O)CN2C(=O)[C@H]3C[C@H](c4ccccc4)CC[C@H]3C2=O)no1. The van der Waals surface area contributed by atoms with Crippen LogP contribution in [0.2, 0.25) is 0 Å². The maximum absolute atomic E-state index is 12.8. The van der Waals surface area contributed by atoms with Crippen molar-refractivity contribution in [2.24, 2.45) is 11.8 Å². The number of aromatic nitrogens is 1. The molecule has 1 aliphatic heterocycles. The van der Waals surface area contributed by atoms with E-state index in [9.17, 15) is 14.4 Å². The van der Waals surface area contributed by atoms with Crippen molar-refractivity contribution in [2.45, 2.75) is 32.1 Å². The van der Waals surface area contributed by atoms with Crippen LogP contribution >= 0.6 is 0 Å². The minimum absolute atomic E-state index is 0.233. The number of fused-ring (bicyclic) bond motifs is 1. The van der Waals surface area contributed by atoms with Crippen LogP contribution in [0.4, 0.5) is 5.82 Å². The van der Waals surface area contributed by atoms with Gasteiger partial charge >= 0.3 is 0 Å². The molecule has 1 saturated heterocycles. The van der Waals surface area contributed by atoms with E-state index in [-0.39, 0.29) is 41.9 Å². The van der Waals surface area contributed by atoms with Crippen molar-refractivity contribution in [3.05, 3.63) is 47.7 Å². The Kier molecular flexibility index (Phi) is 4.51. The zero-order chi connectivity index (χ0) is 19.0. The molecule has 3 amide bonds. The molecule has 140 valence electrons. The molecule has 1 aliphatic carbocycles. The van der Waals surface area contributed by atoms with E-state index in [0.717, 1.165) is 11.3 Å². The summed E-state index contributed by atoms with van der Waals surface area (Å²) in [5.74, 6) is -0.452. The van der Waals surface area contributed by atoms with Gasteiger partial charge in [0, 0.05) is 6.07 Å². The third-order valence-electron chi connectivity index (χ3n) is 5.48. The molecule has 2 fully saturated rings. The van der Waals surface area contributed by atoms with E-state index in [1.54, 1.807) is 13.0 Å². The summed E-state index contributed by atoms with van der Waals surface area (Å²) >= 11 is 0. The first kappa shape index (κ1) is 17.5. The Morgan fingerprint density at radius 3 is 2.63 bits per heavy atom. The van der Waals surface area contributed by atoms with Gasteiger partial charge < -0.3 is 9.84 Å². The Morgan fingerprint density at radius 2 is 1.93 bits per heavy atom. The van der Waals surface area contributed by atoms with Crippen LogP contribution in [-0.4, -0.2) is 34.3 Å². The topological polar surface area (TPSA) is 92.5 Å². The van der Waals surface area contributed by atoms with E-state index < -0.39 is 5.91 Å². The molecule has 7 heteroatoms. The Labute approximate surface area is 156 Å². The fourth-order valence-corrected chi connectivity index (χ4v) is 4.18. The van der Waals surface area contributed by atoms with Crippen LogP contribution in [0.25, 0.3) is 0 Å². The van der Waals surface area contributed by atoms with Crippen LogP contribution in [-0.2, 0) is 14.4 Å². The number of nitrogens with one attached hydrogen (secondary N) is 1. The van der Waals surface area contributed by atoms with Gasteiger partial charge in [0.05, 0.1) is 11.8 Å². The Bertz CT molecular complexity index is 876. The first-order chi connectivity index (χ1) is 13.0. The Hall–Kier alpha value is -2.96. The second kappa shape index (κ2) is 6.98. The molecule has 4 rings (SSSR count). The number of imide groups is 1. The summed E-state index contributed by atoms with van der Waals surface area (Å²) in [7, 11) is 0. The summed E-state index contributed by atoms with van der Waals surface area (Å²) < 4.78 is 4.90. The van der Waals surface area contributed by atoms with Gasteiger partial charge in [0.2, 0.25) is 17.7 Å². The summed E-state index contributed by atoms with van der Waals surface area (Å²) in [5.41, 5.74) is 1.20. The molecule has 3 atom stereocenters. The first-order valence-electron chi connectivity index (χ1n) is 9.16. The lowest BCUT2D eigenvalue weighted by molar-refractivity contribution is -0.142. The van der Waals surface area contributed by atoms with Crippen LogP contribution in [0, 0.1) is 18.8 Å². The number of likely N-dealkylation sites (tertiary alicyclic amines) is 1. The van der Waals surface area contributed by atoms with Gasteiger partial charge in [-0.25, -0.2) is 0 Å². The summed E-state index contributed by atoms with van der Waals surface area (Å²) in [6, 6.07) is 11.7. The van der Waals surface area contributed by atoms with Crippen LogP contribution in [0.1, 0.15) is 36.5 Å². The summed E-state index contributed by atoms with van der Waals surface area (Å²) in [5, 5.41) is 6.25. The molecule has 2 aliphatic rings. The molecule has 1 aromatic heterocycles. The lowest BCUT2D eigenvalue weighted by Gasteiger charge is -2.28. The van der Waals surface area contributed by atoms with Crippen LogP contribution in [0.3, 0.4) is 0 Å². The minimum atomic E-state index is -0.455. The van der Waals surface area contributed by atoms with Gasteiger partial charge in [-0.1, -0.05) is 35.5 Å². The highest BCUT2D eigenvalue weighted by molar-refractivity contribution is 6.08. The van der Waals surface area contributed by atoms with Crippen LogP contribution in [0.15, 0.2) is 40.9 Å². The predicted octanol–water partition coefficient (Wildman–Crippen LogP) is 2.49. The Morgan fingerprint density at radius 1 is 1.19 bits per heavy atom. The second-order valence-electron chi connectivity index (χ2n) is 7.27. The fourth-order valence-electron chi connectivity index (χ4n) is 4.18. The summed E-state index contributed by atoms with van der Waals surface area (Å²) in [6.07, 6.45) is 2.21. The van der Waals surface area contributed by atoms with Gasteiger partial charge in [0.25, 0.3) is 0 Å². The zero-order valence-corrected chi connectivity index (χ0v) is 15.1. The van der Waals surface area contributed by atoms with Crippen molar-refractivity contribution in [2.75, 3.05) is 11.9 Å². The normalized spacial score (nSPS) is 24.8. The summed E-state index contributed by atoms with van der Waals surface area (Å²) in [6.45, 7) is 1.43. The summed E-state index contributed by atoms with van der Waals surface area (Å²) in [4.78, 5) is 38.8. The standard InChI is InChI=1S/C20H21N3O4/c1-12-9-17(22-27-12)21-18(24)11-23-19(25)15-8-7-14(10-16(15)20(23)26)13-5-3-2-4-6-13/h2-6,9,14-16H,7-8,10-11H2,1H3,(H,21,22,24)/t14-,15-,16+/m1/s1. The highest BCUT2D eigenvalue weighted by Gasteiger charge is 2.50. The third-order valence-corrected chi connectivity index (χ3v) is 5.48. The monoisotopic (exact) mass is 367 g/mol. The molecular weight excluding hydrogens is 346 g/mol. The molecule has 1 aromatic carbocycles. The van der Waals surface area contributed by atoms with Gasteiger partial charge in [0.1, 0.15) is 12.3 Å². The Balaban J connectivity index is 1.43. The van der Waals surface area contributed by atoms with Crippen molar-refractivity contribution in [1.29, 1.82) is 0 Å². The number of hydrogen-bond acceptors (Lipinski definition) is 5. The maximum atomic E-state index is 12.8. The number of nitrogens with zero attached hydrogens (tertiary/aromatic N) is 2. The molecule has 1 N–H and O–H groups in total. The minimum Gasteiger partial charge on any atom is -0.360 e. The van der Waals surface area contributed by atoms with E-state index in [1.165, 1.54) is 5.56 Å². The number of anilines is 1. The van der Waals surface area contributed by atoms with Crippen molar-refractivity contribution in [3.8, 4) is 0 Å². The molecule has 1 saturated carbocycles. The number of aryl methyl sites for hydroxylation is 1. The molecular formula is C20H21N3O4. The van der Waals surface area contributed by atoms with Gasteiger partial charge in [0.15, 0.2) is 5.82 Å². The number of amides is 3. The number of carbonyl (C=O) groups is 3. The number of rotatable bonds is 4. The lowest BCUT2D eigenvalue weighted by atomic mass is 9.73. The highest BCUT2D eigenvalue weighted by atomic mass is 16.5. The van der Waals surface area contributed by atoms with Crippen molar-refractivity contribution in [3.63, 3.8) is 0 Å². The van der Waals surface area contributed by atoms with E-state index in [1.807, 2.05) is 18.2 Å². The molecule has 0 unspecified atom stereocenters. The smallest absolute Gasteiger partial charge is 0.245 e. The van der Waals surface area contributed by atoms with Crippen LogP contribution in [0.5, 0.6) is 0 Å². The number of carbonyl (C=O) groups excluding carboxylic acids is 3. The quantitative estimate of drug-likeness (QED) is 0.838. The average molecular weight is 367 g/mol. The highest BCUT2D eigenvalue weighted by Crippen LogP contribution is 2.44. The van der Waals surface area contributed by atoms with E-state index in [2.05, 4.69) is 22.6 Å². The van der Waals surface area contributed by atoms with Crippen LogP contribution < -0.4 is 5.32 Å². The van der Waals surface area contributed by atoms with Gasteiger partial charge in [-0.2, -0.15) is 0 Å². The second-order valence-corrected chi connectivity index (χ2v) is 7.27. The maximum Gasteiger partial charge on any atom is 0.245 e. The number of benzene rings is 1. The first-order valence-corrected chi connectivity index (χ1v) is 9.16. The molecule has 0 spiro atoms. The largest absolute Gasteiger partial charge is 0.360 e. The third kappa shape index (κ3) is 3.37. The van der Waals surface area contributed by atoms with E-state index in [0.29, 0.717) is 18.6 Å². The van der Waals surface area contributed by atoms with Gasteiger partial charge in [-0.15, -0.1) is 0 Å².